The average molecular weight is 328 g/mol. The fourth-order valence-corrected chi connectivity index (χ4v) is 2.25. The van der Waals surface area contributed by atoms with Crippen molar-refractivity contribution in [1.29, 1.82) is 5.26 Å². The Morgan fingerprint density at radius 3 is 2.50 bits per heavy atom. The molecule has 2 N–H and O–H groups in total. The zero-order valence-corrected chi connectivity index (χ0v) is 13.9. The molecule has 126 valence electrons. The van der Waals surface area contributed by atoms with E-state index in [0.29, 0.717) is 5.69 Å². The van der Waals surface area contributed by atoms with Crippen LogP contribution in [0.3, 0.4) is 0 Å². The van der Waals surface area contributed by atoms with Gasteiger partial charge in [-0.05, 0) is 12.1 Å². The van der Waals surface area contributed by atoms with Gasteiger partial charge in [0.05, 0.1) is 5.69 Å². The molecule has 1 heterocycles. The number of ether oxygens (including phenoxy) is 1. The quantitative estimate of drug-likeness (QED) is 0.844. The number of hydrogen-bond donors (Lipinski definition) is 1. The smallest absolute Gasteiger partial charge is 0.355 e. The van der Waals surface area contributed by atoms with Gasteiger partial charge in [-0.15, -0.1) is 0 Å². The molecule has 0 radical (unpaired) electrons. The molecule has 0 bridgehead atoms. The average Bonchev–Trinajstić information content (AvgIpc) is 2.97. The van der Waals surface area contributed by atoms with E-state index in [0.717, 1.165) is 0 Å². The van der Waals surface area contributed by atoms with Gasteiger partial charge in [0.25, 0.3) is 0 Å². The van der Waals surface area contributed by atoms with Gasteiger partial charge in [0.1, 0.15) is 17.8 Å². The van der Waals surface area contributed by atoms with Crippen molar-refractivity contribution in [3.63, 3.8) is 0 Å². The number of nitrogens with two attached hydrogens (primary N) is 1. The standard InChI is InChI=1S/C17H20N4O3/c1-17(2,3)14(10-18)24-16(23)12-9-13(15(19)22)21(20-12)11-7-5-4-6-8-11/h4-8,13-14H,9H2,1-3H3,(H2,19,22)/t13-,14+/m0/s1. The van der Waals surface area contributed by atoms with Crippen molar-refractivity contribution in [2.75, 3.05) is 5.01 Å². The van der Waals surface area contributed by atoms with E-state index in [9.17, 15) is 14.9 Å². The lowest BCUT2D eigenvalue weighted by Crippen LogP contribution is -2.39. The van der Waals surface area contributed by atoms with Crippen molar-refractivity contribution in [1.82, 2.24) is 0 Å². The highest BCUT2D eigenvalue weighted by atomic mass is 16.5. The maximum atomic E-state index is 12.3. The van der Waals surface area contributed by atoms with E-state index in [1.165, 1.54) is 5.01 Å². The number of para-hydroxylation sites is 1. The molecule has 1 aromatic rings. The lowest BCUT2D eigenvalue weighted by Gasteiger charge is -2.24. The molecule has 2 rings (SSSR count). The summed E-state index contributed by atoms with van der Waals surface area (Å²) < 4.78 is 5.25. The molecule has 7 nitrogen and oxygen atoms in total. The highest BCUT2D eigenvalue weighted by Crippen LogP contribution is 2.26. The van der Waals surface area contributed by atoms with Crippen molar-refractivity contribution in [2.24, 2.45) is 16.3 Å². The van der Waals surface area contributed by atoms with Crippen LogP contribution in [0.5, 0.6) is 0 Å². The van der Waals surface area contributed by atoms with E-state index >= 15 is 0 Å². The minimum absolute atomic E-state index is 0.0470. The van der Waals surface area contributed by atoms with Gasteiger partial charge in [-0.3, -0.25) is 9.80 Å². The van der Waals surface area contributed by atoms with Crippen molar-refractivity contribution in [2.45, 2.75) is 39.3 Å². The molecule has 0 aromatic heterocycles. The SMILES string of the molecule is CC(C)(C)[C@@H](C#N)OC(=O)C1=NN(c2ccccc2)[C@H](C(N)=O)C1. The molecular formula is C17H20N4O3. The van der Waals surface area contributed by atoms with Crippen LogP contribution in [0.4, 0.5) is 5.69 Å². The number of anilines is 1. The summed E-state index contributed by atoms with van der Waals surface area (Å²) in [7, 11) is 0. The Morgan fingerprint density at radius 1 is 1.38 bits per heavy atom. The Labute approximate surface area is 140 Å². The number of carbonyl (C=O) groups excluding carboxylic acids is 2. The first-order valence-corrected chi connectivity index (χ1v) is 7.55. The summed E-state index contributed by atoms with van der Waals surface area (Å²) in [5.74, 6) is -1.29. The molecule has 0 aliphatic carbocycles. The topological polar surface area (TPSA) is 109 Å². The minimum Gasteiger partial charge on any atom is -0.442 e. The molecule has 24 heavy (non-hydrogen) atoms. The number of nitrogens with zero attached hydrogens (tertiary/aromatic N) is 3. The predicted octanol–water partition coefficient (Wildman–Crippen LogP) is 1.59. The molecule has 0 spiro atoms. The van der Waals surface area contributed by atoms with Gasteiger partial charge >= 0.3 is 5.97 Å². The third-order valence-corrected chi connectivity index (χ3v) is 3.62. The zero-order chi connectivity index (χ0) is 17.9. The molecule has 0 saturated carbocycles. The fraction of sp³-hybridized carbons (Fsp3) is 0.412. The first-order valence-electron chi connectivity index (χ1n) is 7.55. The highest BCUT2D eigenvalue weighted by molar-refractivity contribution is 6.38. The van der Waals surface area contributed by atoms with Crippen LogP contribution in [-0.4, -0.2) is 29.7 Å². The molecule has 0 saturated heterocycles. The van der Waals surface area contributed by atoms with E-state index < -0.39 is 29.4 Å². The van der Waals surface area contributed by atoms with Crippen LogP contribution >= 0.6 is 0 Å². The number of nitriles is 1. The second kappa shape index (κ2) is 6.71. The largest absolute Gasteiger partial charge is 0.442 e. The van der Waals surface area contributed by atoms with Crippen molar-refractivity contribution >= 4 is 23.3 Å². The number of hydrogen-bond acceptors (Lipinski definition) is 6. The predicted molar refractivity (Wildman–Crippen MR) is 88.9 cm³/mol. The number of rotatable bonds is 4. The van der Waals surface area contributed by atoms with Crippen LogP contribution in [0.25, 0.3) is 0 Å². The van der Waals surface area contributed by atoms with Gasteiger partial charge in [0.2, 0.25) is 5.91 Å². The lowest BCUT2D eigenvalue weighted by molar-refractivity contribution is -0.142. The van der Waals surface area contributed by atoms with Crippen LogP contribution in [0.15, 0.2) is 35.4 Å². The van der Waals surface area contributed by atoms with Crippen LogP contribution in [-0.2, 0) is 14.3 Å². The number of benzene rings is 1. The molecule has 0 unspecified atom stereocenters. The van der Waals surface area contributed by atoms with Crippen LogP contribution in [0, 0.1) is 16.7 Å². The molecular weight excluding hydrogens is 308 g/mol. The maximum Gasteiger partial charge on any atom is 0.355 e. The minimum atomic E-state index is -0.912. The monoisotopic (exact) mass is 328 g/mol. The molecule has 2 atom stereocenters. The molecule has 7 heteroatoms. The normalized spacial score (nSPS) is 18.5. The Balaban J connectivity index is 2.23. The first-order chi connectivity index (χ1) is 11.2. The zero-order valence-electron chi connectivity index (χ0n) is 13.9. The number of esters is 1. The van der Waals surface area contributed by atoms with E-state index in [1.807, 2.05) is 12.1 Å². The van der Waals surface area contributed by atoms with Crippen LogP contribution in [0.2, 0.25) is 0 Å². The van der Waals surface area contributed by atoms with Gasteiger partial charge < -0.3 is 10.5 Å². The van der Waals surface area contributed by atoms with E-state index in [-0.39, 0.29) is 12.1 Å². The van der Waals surface area contributed by atoms with Crippen molar-refractivity contribution in [3.05, 3.63) is 30.3 Å². The first kappa shape index (κ1) is 17.5. The van der Waals surface area contributed by atoms with Gasteiger partial charge in [0.15, 0.2) is 6.10 Å². The summed E-state index contributed by atoms with van der Waals surface area (Å²) in [6, 6.07) is 10.2. The molecule has 1 aromatic carbocycles. The lowest BCUT2D eigenvalue weighted by atomic mass is 9.90. The second-order valence-electron chi connectivity index (χ2n) is 6.63. The molecule has 0 fully saturated rings. The number of amides is 1. The Bertz CT molecular complexity index is 701. The van der Waals surface area contributed by atoms with Gasteiger partial charge in [-0.2, -0.15) is 10.4 Å². The van der Waals surface area contributed by atoms with Crippen molar-refractivity contribution < 1.29 is 14.3 Å². The second-order valence-corrected chi connectivity index (χ2v) is 6.63. The summed E-state index contributed by atoms with van der Waals surface area (Å²) in [6.07, 6.45) is -0.865. The summed E-state index contributed by atoms with van der Waals surface area (Å²) in [5.41, 5.74) is 5.63. The summed E-state index contributed by atoms with van der Waals surface area (Å²) in [4.78, 5) is 24.0. The molecule has 1 amide bonds. The Hall–Kier alpha value is -2.88. The molecule has 1 aliphatic rings. The van der Waals surface area contributed by atoms with E-state index in [1.54, 1.807) is 45.0 Å². The van der Waals surface area contributed by atoms with E-state index in [4.69, 9.17) is 10.5 Å². The molecule has 1 aliphatic heterocycles. The fourth-order valence-electron chi connectivity index (χ4n) is 2.25. The Kier molecular flexibility index (Phi) is 4.88. The van der Waals surface area contributed by atoms with E-state index in [2.05, 4.69) is 5.10 Å². The summed E-state index contributed by atoms with van der Waals surface area (Å²) >= 11 is 0. The van der Waals surface area contributed by atoms with Crippen LogP contribution in [0.1, 0.15) is 27.2 Å². The Morgan fingerprint density at radius 2 is 2.00 bits per heavy atom. The summed E-state index contributed by atoms with van der Waals surface area (Å²) in [5, 5.41) is 14.8. The summed E-state index contributed by atoms with van der Waals surface area (Å²) in [6.45, 7) is 5.40. The van der Waals surface area contributed by atoms with Gasteiger partial charge in [-0.1, -0.05) is 39.0 Å². The third-order valence-electron chi connectivity index (χ3n) is 3.62. The van der Waals surface area contributed by atoms with Crippen molar-refractivity contribution in [3.8, 4) is 6.07 Å². The highest BCUT2D eigenvalue weighted by Gasteiger charge is 2.37. The number of carbonyl (C=O) groups is 2. The maximum absolute atomic E-state index is 12.3. The van der Waals surface area contributed by atoms with Gasteiger partial charge in [-0.25, -0.2) is 4.79 Å². The van der Waals surface area contributed by atoms with Gasteiger partial charge in [0, 0.05) is 11.8 Å². The third kappa shape index (κ3) is 3.71. The van der Waals surface area contributed by atoms with Crippen LogP contribution < -0.4 is 10.7 Å². The number of primary amides is 1. The number of hydrazone groups is 1.